The van der Waals surface area contributed by atoms with Crippen LogP contribution >= 0.6 is 0 Å². The lowest BCUT2D eigenvalue weighted by atomic mass is 10.1. The molecule has 3 rings (SSSR count). The molecule has 0 unspecified atom stereocenters. The van der Waals surface area contributed by atoms with Gasteiger partial charge in [0.2, 0.25) is 5.91 Å². The highest BCUT2D eigenvalue weighted by Crippen LogP contribution is 2.15. The SMILES string of the molecule is CC(=O)Nc1cccc(/C(C)=N\NC(=O)c2nn(C(C)C)c(=O)c3ccccc23)c1. The minimum Gasteiger partial charge on any atom is -0.326 e. The quantitative estimate of drug-likeness (QED) is 0.503. The Bertz CT molecular complexity index is 1210. The van der Waals surface area contributed by atoms with Gasteiger partial charge in [0.1, 0.15) is 0 Å². The van der Waals surface area contributed by atoms with Crippen LogP contribution < -0.4 is 16.3 Å². The van der Waals surface area contributed by atoms with Gasteiger partial charge in [0, 0.05) is 18.0 Å². The van der Waals surface area contributed by atoms with E-state index in [9.17, 15) is 14.4 Å². The van der Waals surface area contributed by atoms with E-state index in [0.29, 0.717) is 22.2 Å². The predicted molar refractivity (Wildman–Crippen MR) is 117 cm³/mol. The lowest BCUT2D eigenvalue weighted by molar-refractivity contribution is -0.114. The Morgan fingerprint density at radius 2 is 1.73 bits per heavy atom. The summed E-state index contributed by atoms with van der Waals surface area (Å²) in [4.78, 5) is 36.7. The number of fused-ring (bicyclic) bond motifs is 1. The number of hydrogen-bond donors (Lipinski definition) is 2. The van der Waals surface area contributed by atoms with Crippen LogP contribution in [0.5, 0.6) is 0 Å². The minimum absolute atomic E-state index is 0.127. The molecule has 8 nitrogen and oxygen atoms in total. The van der Waals surface area contributed by atoms with Crippen LogP contribution in [0, 0.1) is 0 Å². The predicted octanol–water partition coefficient (Wildman–Crippen LogP) is 3.09. The fraction of sp³-hybridized carbons (Fsp3) is 0.227. The summed E-state index contributed by atoms with van der Waals surface area (Å²) in [5, 5.41) is 12.0. The third-order valence-electron chi connectivity index (χ3n) is 4.46. The summed E-state index contributed by atoms with van der Waals surface area (Å²) in [6, 6.07) is 13.8. The zero-order valence-electron chi connectivity index (χ0n) is 17.3. The van der Waals surface area contributed by atoms with Crippen molar-refractivity contribution in [2.45, 2.75) is 33.7 Å². The molecule has 3 aromatic rings. The van der Waals surface area contributed by atoms with Crippen molar-refractivity contribution in [3.8, 4) is 0 Å². The van der Waals surface area contributed by atoms with E-state index in [1.807, 2.05) is 19.9 Å². The maximum Gasteiger partial charge on any atom is 0.292 e. The van der Waals surface area contributed by atoms with Crippen molar-refractivity contribution < 1.29 is 9.59 Å². The number of anilines is 1. The summed E-state index contributed by atoms with van der Waals surface area (Å²) < 4.78 is 1.30. The largest absolute Gasteiger partial charge is 0.326 e. The van der Waals surface area contributed by atoms with Crippen molar-refractivity contribution in [1.82, 2.24) is 15.2 Å². The number of benzene rings is 2. The van der Waals surface area contributed by atoms with Crippen LogP contribution in [0.2, 0.25) is 0 Å². The Hall–Kier alpha value is -3.81. The van der Waals surface area contributed by atoms with E-state index in [0.717, 1.165) is 5.56 Å². The van der Waals surface area contributed by atoms with E-state index in [-0.39, 0.29) is 23.2 Å². The number of carbonyl (C=O) groups is 2. The van der Waals surface area contributed by atoms with E-state index in [4.69, 9.17) is 0 Å². The van der Waals surface area contributed by atoms with Gasteiger partial charge in [-0.2, -0.15) is 10.2 Å². The molecule has 8 heteroatoms. The van der Waals surface area contributed by atoms with Gasteiger partial charge in [0.15, 0.2) is 5.69 Å². The molecule has 0 aliphatic rings. The fourth-order valence-electron chi connectivity index (χ4n) is 3.00. The Kier molecular flexibility index (Phi) is 6.06. The van der Waals surface area contributed by atoms with E-state index in [1.165, 1.54) is 11.6 Å². The van der Waals surface area contributed by atoms with Gasteiger partial charge in [-0.25, -0.2) is 10.1 Å². The molecular weight excluding hydrogens is 382 g/mol. The van der Waals surface area contributed by atoms with Gasteiger partial charge in [-0.3, -0.25) is 14.4 Å². The van der Waals surface area contributed by atoms with Crippen LogP contribution in [-0.2, 0) is 4.79 Å². The first-order chi connectivity index (χ1) is 14.3. The average Bonchev–Trinajstić information content (AvgIpc) is 2.71. The number of amides is 2. The van der Waals surface area contributed by atoms with Crippen molar-refractivity contribution >= 4 is 34.0 Å². The number of nitrogens with one attached hydrogen (secondary N) is 2. The van der Waals surface area contributed by atoms with Crippen LogP contribution in [0.3, 0.4) is 0 Å². The average molecular weight is 405 g/mol. The highest BCUT2D eigenvalue weighted by Gasteiger charge is 2.17. The summed E-state index contributed by atoms with van der Waals surface area (Å²) in [6.45, 7) is 6.83. The number of hydrazone groups is 1. The molecule has 2 N–H and O–H groups in total. The molecule has 30 heavy (non-hydrogen) atoms. The van der Waals surface area contributed by atoms with Crippen molar-refractivity contribution in [1.29, 1.82) is 0 Å². The maximum atomic E-state index is 12.8. The van der Waals surface area contributed by atoms with Crippen molar-refractivity contribution in [3.05, 3.63) is 70.1 Å². The molecule has 0 aliphatic heterocycles. The molecule has 1 heterocycles. The van der Waals surface area contributed by atoms with Gasteiger partial charge in [-0.1, -0.05) is 30.3 Å². The van der Waals surface area contributed by atoms with E-state index < -0.39 is 5.91 Å². The molecule has 1 aromatic heterocycles. The standard InChI is InChI=1S/C22H23N5O3/c1-13(2)27-22(30)19-11-6-5-10-18(19)20(26-27)21(29)25-24-14(3)16-8-7-9-17(12-16)23-15(4)28/h5-13H,1-4H3,(H,23,28)(H,25,29)/b24-14-. The van der Waals surface area contributed by atoms with Crippen LogP contribution in [0.25, 0.3) is 10.8 Å². The Morgan fingerprint density at radius 1 is 1.03 bits per heavy atom. The summed E-state index contributed by atoms with van der Waals surface area (Å²) in [7, 11) is 0. The first-order valence-electron chi connectivity index (χ1n) is 9.52. The van der Waals surface area contributed by atoms with E-state index in [1.54, 1.807) is 49.4 Å². The molecule has 2 amide bonds. The van der Waals surface area contributed by atoms with Gasteiger partial charge in [0.25, 0.3) is 11.5 Å². The molecule has 0 aliphatic carbocycles. The third kappa shape index (κ3) is 4.43. The van der Waals surface area contributed by atoms with Crippen LogP contribution in [-0.4, -0.2) is 27.3 Å². The minimum atomic E-state index is -0.516. The zero-order valence-corrected chi connectivity index (χ0v) is 17.3. The lowest BCUT2D eigenvalue weighted by Gasteiger charge is -2.12. The molecule has 0 saturated carbocycles. The van der Waals surface area contributed by atoms with Crippen molar-refractivity contribution in [2.75, 3.05) is 5.32 Å². The topological polar surface area (TPSA) is 105 Å². The number of hydrogen-bond acceptors (Lipinski definition) is 5. The zero-order chi connectivity index (χ0) is 21.8. The summed E-state index contributed by atoms with van der Waals surface area (Å²) in [6.07, 6.45) is 0. The van der Waals surface area contributed by atoms with Gasteiger partial charge in [-0.05, 0) is 44.5 Å². The molecule has 0 atom stereocenters. The smallest absolute Gasteiger partial charge is 0.292 e. The molecule has 2 aromatic carbocycles. The number of aromatic nitrogens is 2. The van der Waals surface area contributed by atoms with Gasteiger partial charge in [-0.15, -0.1) is 0 Å². The van der Waals surface area contributed by atoms with E-state index >= 15 is 0 Å². The van der Waals surface area contributed by atoms with Crippen molar-refractivity contribution in [2.24, 2.45) is 5.10 Å². The highest BCUT2D eigenvalue weighted by atomic mass is 16.2. The van der Waals surface area contributed by atoms with Crippen LogP contribution in [0.4, 0.5) is 5.69 Å². The highest BCUT2D eigenvalue weighted by molar-refractivity contribution is 6.06. The summed E-state index contributed by atoms with van der Waals surface area (Å²) in [5.74, 6) is -0.689. The molecule has 0 saturated heterocycles. The third-order valence-corrected chi connectivity index (χ3v) is 4.46. The van der Waals surface area contributed by atoms with Crippen LogP contribution in [0.1, 0.15) is 49.8 Å². The van der Waals surface area contributed by atoms with Gasteiger partial charge >= 0.3 is 0 Å². The molecule has 0 fully saturated rings. The Labute approximate surface area is 173 Å². The molecule has 0 bridgehead atoms. The van der Waals surface area contributed by atoms with Crippen LogP contribution in [0.15, 0.2) is 58.4 Å². The lowest BCUT2D eigenvalue weighted by Crippen LogP contribution is -2.30. The number of nitrogens with zero attached hydrogens (tertiary/aromatic N) is 3. The second kappa shape index (κ2) is 8.69. The molecule has 154 valence electrons. The fourth-order valence-corrected chi connectivity index (χ4v) is 3.00. The monoisotopic (exact) mass is 405 g/mol. The van der Waals surface area contributed by atoms with E-state index in [2.05, 4.69) is 20.9 Å². The molecular formula is C22H23N5O3. The first kappa shape index (κ1) is 20.9. The van der Waals surface area contributed by atoms with Gasteiger partial charge in [0.05, 0.1) is 17.1 Å². The van der Waals surface area contributed by atoms with Gasteiger partial charge < -0.3 is 5.32 Å². The molecule has 0 radical (unpaired) electrons. The summed E-state index contributed by atoms with van der Waals surface area (Å²) in [5.41, 5.74) is 4.33. The normalized spacial score (nSPS) is 11.6. The maximum absolute atomic E-state index is 12.8. The first-order valence-corrected chi connectivity index (χ1v) is 9.52. The second-order valence-electron chi connectivity index (χ2n) is 7.14. The number of rotatable bonds is 5. The second-order valence-corrected chi connectivity index (χ2v) is 7.14. The molecule has 0 spiro atoms. The number of carbonyl (C=O) groups excluding carboxylic acids is 2. The summed E-state index contributed by atoms with van der Waals surface area (Å²) >= 11 is 0. The Balaban J connectivity index is 1.93. The Morgan fingerprint density at radius 3 is 2.40 bits per heavy atom. The van der Waals surface area contributed by atoms with Crippen molar-refractivity contribution in [3.63, 3.8) is 0 Å².